The highest BCUT2D eigenvalue weighted by molar-refractivity contribution is 5.75. The molecule has 1 aliphatic heterocycles. The zero-order chi connectivity index (χ0) is 20.8. The van der Waals surface area contributed by atoms with Gasteiger partial charge in [-0.15, -0.1) is 0 Å². The van der Waals surface area contributed by atoms with E-state index in [0.717, 1.165) is 51.6 Å². The maximum atomic E-state index is 12.0. The van der Waals surface area contributed by atoms with E-state index in [1.54, 1.807) is 0 Å². The fraction of sp³-hybridized carbons (Fsp3) is 0.500. The van der Waals surface area contributed by atoms with Crippen LogP contribution in [0.25, 0.3) is 0 Å². The Morgan fingerprint density at radius 1 is 0.933 bits per heavy atom. The van der Waals surface area contributed by atoms with Gasteiger partial charge in [-0.2, -0.15) is 0 Å². The topological polar surface area (TPSA) is 49.8 Å². The number of likely N-dealkylation sites (tertiary alicyclic amines) is 1. The van der Waals surface area contributed by atoms with E-state index in [0.29, 0.717) is 6.54 Å². The minimum Gasteiger partial charge on any atom is -0.481 e. The summed E-state index contributed by atoms with van der Waals surface area (Å²) in [4.78, 5) is 14.4. The van der Waals surface area contributed by atoms with Crippen molar-refractivity contribution in [1.29, 1.82) is 0 Å². The number of carboxylic acids is 1. The van der Waals surface area contributed by atoms with Crippen LogP contribution in [-0.2, 0) is 9.53 Å². The Kier molecular flexibility index (Phi) is 6.86. The third-order valence-electron chi connectivity index (χ3n) is 6.86. The second-order valence-electron chi connectivity index (χ2n) is 8.96. The van der Waals surface area contributed by atoms with Gasteiger partial charge in [0.05, 0.1) is 11.5 Å². The van der Waals surface area contributed by atoms with Crippen LogP contribution in [0.15, 0.2) is 60.7 Å². The average molecular weight is 408 g/mol. The van der Waals surface area contributed by atoms with Gasteiger partial charge in [0.25, 0.3) is 0 Å². The number of carboxylic acid groups (broad SMARTS) is 1. The van der Waals surface area contributed by atoms with Crippen LogP contribution in [0.5, 0.6) is 0 Å². The van der Waals surface area contributed by atoms with E-state index in [1.807, 2.05) is 12.1 Å². The molecule has 2 aliphatic rings. The van der Waals surface area contributed by atoms with Gasteiger partial charge in [-0.3, -0.25) is 4.79 Å². The van der Waals surface area contributed by atoms with Crippen LogP contribution in [-0.4, -0.2) is 41.7 Å². The lowest BCUT2D eigenvalue weighted by Crippen LogP contribution is -2.48. The number of aliphatic carboxylic acids is 1. The summed E-state index contributed by atoms with van der Waals surface area (Å²) >= 11 is 0. The SMILES string of the molecule is O=C(O)C1(CN2CCC(OC(c3ccccc3)c3ccccc3)CC2)CCCCC1. The molecule has 0 amide bonds. The summed E-state index contributed by atoms with van der Waals surface area (Å²) in [6.07, 6.45) is 6.93. The Morgan fingerprint density at radius 2 is 1.47 bits per heavy atom. The van der Waals surface area contributed by atoms with E-state index in [2.05, 4.69) is 53.4 Å². The van der Waals surface area contributed by atoms with Crippen molar-refractivity contribution in [2.75, 3.05) is 19.6 Å². The molecule has 4 heteroatoms. The monoisotopic (exact) mass is 407 g/mol. The summed E-state index contributed by atoms with van der Waals surface area (Å²) in [6, 6.07) is 20.8. The molecule has 30 heavy (non-hydrogen) atoms. The molecule has 0 aromatic heterocycles. The Bertz CT molecular complexity index is 754. The molecule has 1 heterocycles. The molecule has 1 N–H and O–H groups in total. The lowest BCUT2D eigenvalue weighted by molar-refractivity contribution is -0.153. The van der Waals surface area contributed by atoms with Crippen molar-refractivity contribution in [3.8, 4) is 0 Å². The highest BCUT2D eigenvalue weighted by Gasteiger charge is 2.41. The largest absolute Gasteiger partial charge is 0.481 e. The van der Waals surface area contributed by atoms with E-state index in [1.165, 1.54) is 17.5 Å². The quantitative estimate of drug-likeness (QED) is 0.677. The van der Waals surface area contributed by atoms with E-state index < -0.39 is 11.4 Å². The van der Waals surface area contributed by atoms with Crippen molar-refractivity contribution < 1.29 is 14.6 Å². The number of piperidine rings is 1. The lowest BCUT2D eigenvalue weighted by Gasteiger charge is -2.41. The van der Waals surface area contributed by atoms with Crippen LogP contribution in [0.1, 0.15) is 62.2 Å². The van der Waals surface area contributed by atoms with Gasteiger partial charge in [-0.05, 0) is 36.8 Å². The number of benzene rings is 2. The second-order valence-corrected chi connectivity index (χ2v) is 8.96. The van der Waals surface area contributed by atoms with Crippen molar-refractivity contribution in [3.05, 3.63) is 71.8 Å². The summed E-state index contributed by atoms with van der Waals surface area (Å²) in [7, 11) is 0. The maximum absolute atomic E-state index is 12.0. The molecule has 1 aliphatic carbocycles. The third-order valence-corrected chi connectivity index (χ3v) is 6.86. The summed E-state index contributed by atoms with van der Waals surface area (Å²) < 4.78 is 6.63. The summed E-state index contributed by atoms with van der Waals surface area (Å²) in [5.74, 6) is -0.603. The highest BCUT2D eigenvalue weighted by atomic mass is 16.5. The van der Waals surface area contributed by atoms with Gasteiger partial charge in [0.15, 0.2) is 0 Å². The molecule has 1 saturated carbocycles. The van der Waals surface area contributed by atoms with Gasteiger partial charge >= 0.3 is 5.97 Å². The van der Waals surface area contributed by atoms with Crippen molar-refractivity contribution in [1.82, 2.24) is 4.90 Å². The highest BCUT2D eigenvalue weighted by Crippen LogP contribution is 2.38. The van der Waals surface area contributed by atoms with Gasteiger partial charge < -0.3 is 14.7 Å². The van der Waals surface area contributed by atoms with Gasteiger partial charge in [0, 0.05) is 19.6 Å². The Morgan fingerprint density at radius 3 is 1.97 bits per heavy atom. The molecular formula is C26H33NO3. The predicted octanol–water partition coefficient (Wildman–Crippen LogP) is 5.29. The standard InChI is InChI=1S/C26H33NO3/c28-25(29)26(16-8-3-9-17-26)20-27-18-14-23(15-19-27)30-24(21-10-4-1-5-11-21)22-12-6-2-7-13-22/h1-2,4-7,10-13,23-24H,3,8-9,14-20H2,(H,28,29). The molecule has 2 aromatic rings. The third kappa shape index (κ3) is 4.93. The van der Waals surface area contributed by atoms with Crippen LogP contribution in [0, 0.1) is 5.41 Å². The Hall–Kier alpha value is -2.17. The molecule has 4 rings (SSSR count). The number of carbonyl (C=O) groups is 1. The molecule has 0 unspecified atom stereocenters. The normalized spacial score (nSPS) is 20.3. The summed E-state index contributed by atoms with van der Waals surface area (Å²) in [5.41, 5.74) is 1.82. The van der Waals surface area contributed by atoms with Crippen LogP contribution < -0.4 is 0 Å². The van der Waals surface area contributed by atoms with E-state index in [9.17, 15) is 9.90 Å². The molecule has 4 nitrogen and oxygen atoms in total. The minimum absolute atomic E-state index is 0.0624. The second kappa shape index (κ2) is 9.76. The van der Waals surface area contributed by atoms with Crippen LogP contribution in [0.2, 0.25) is 0 Å². The first kappa shape index (κ1) is 21.1. The molecule has 1 saturated heterocycles. The summed E-state index contributed by atoms with van der Waals surface area (Å²) in [6.45, 7) is 2.52. The number of hydrogen-bond donors (Lipinski definition) is 1. The Balaban J connectivity index is 1.39. The van der Waals surface area contributed by atoms with Crippen LogP contribution in [0.4, 0.5) is 0 Å². The number of hydrogen-bond acceptors (Lipinski definition) is 3. The van der Waals surface area contributed by atoms with Crippen molar-refractivity contribution in [2.45, 2.75) is 57.2 Å². The first-order valence-electron chi connectivity index (χ1n) is 11.4. The molecule has 0 spiro atoms. The predicted molar refractivity (Wildman–Crippen MR) is 118 cm³/mol. The minimum atomic E-state index is -0.603. The van der Waals surface area contributed by atoms with Gasteiger partial charge in [-0.1, -0.05) is 79.9 Å². The fourth-order valence-corrected chi connectivity index (χ4v) is 5.10. The van der Waals surface area contributed by atoms with Crippen molar-refractivity contribution >= 4 is 5.97 Å². The molecule has 2 aromatic carbocycles. The fourth-order valence-electron chi connectivity index (χ4n) is 5.10. The zero-order valence-electron chi connectivity index (χ0n) is 17.7. The molecular weight excluding hydrogens is 374 g/mol. The smallest absolute Gasteiger partial charge is 0.310 e. The number of nitrogens with zero attached hydrogens (tertiary/aromatic N) is 1. The van der Waals surface area contributed by atoms with E-state index >= 15 is 0 Å². The van der Waals surface area contributed by atoms with Gasteiger partial charge in [-0.25, -0.2) is 0 Å². The number of ether oxygens (including phenoxy) is 1. The van der Waals surface area contributed by atoms with Gasteiger partial charge in [0.1, 0.15) is 6.10 Å². The summed E-state index contributed by atoms with van der Waals surface area (Å²) in [5, 5.41) is 9.89. The molecule has 2 fully saturated rings. The van der Waals surface area contributed by atoms with Gasteiger partial charge in [0.2, 0.25) is 0 Å². The molecule has 0 radical (unpaired) electrons. The Labute approximate surface area is 179 Å². The van der Waals surface area contributed by atoms with E-state index in [-0.39, 0.29) is 12.2 Å². The first-order valence-corrected chi connectivity index (χ1v) is 11.4. The maximum Gasteiger partial charge on any atom is 0.310 e. The van der Waals surface area contributed by atoms with Crippen molar-refractivity contribution in [3.63, 3.8) is 0 Å². The average Bonchev–Trinajstić information content (AvgIpc) is 2.80. The van der Waals surface area contributed by atoms with Crippen LogP contribution in [0.3, 0.4) is 0 Å². The van der Waals surface area contributed by atoms with E-state index in [4.69, 9.17) is 4.74 Å². The molecule has 0 atom stereocenters. The number of rotatable bonds is 7. The zero-order valence-corrected chi connectivity index (χ0v) is 17.7. The molecule has 0 bridgehead atoms. The lowest BCUT2D eigenvalue weighted by atomic mass is 9.73. The van der Waals surface area contributed by atoms with Crippen LogP contribution >= 0.6 is 0 Å². The van der Waals surface area contributed by atoms with Crippen molar-refractivity contribution in [2.24, 2.45) is 5.41 Å². The first-order chi connectivity index (χ1) is 14.7. The molecule has 160 valence electrons.